The van der Waals surface area contributed by atoms with E-state index in [1.807, 2.05) is 12.1 Å². The molecular formula is C14H21FN2. The fourth-order valence-electron chi connectivity index (χ4n) is 2.63. The molecule has 1 aromatic rings. The minimum Gasteiger partial charge on any atom is -0.369 e. The molecule has 1 heterocycles. The van der Waals surface area contributed by atoms with Crippen molar-refractivity contribution in [3.05, 3.63) is 30.1 Å². The van der Waals surface area contributed by atoms with Crippen molar-refractivity contribution in [2.24, 2.45) is 0 Å². The second-order valence-electron chi connectivity index (χ2n) is 5.10. The van der Waals surface area contributed by atoms with Crippen LogP contribution in [0.1, 0.15) is 20.8 Å². The Hall–Kier alpha value is -1.09. The summed E-state index contributed by atoms with van der Waals surface area (Å²) >= 11 is 0. The third-order valence-electron chi connectivity index (χ3n) is 3.53. The molecule has 3 heteroatoms. The maximum atomic E-state index is 12.9. The van der Waals surface area contributed by atoms with Gasteiger partial charge in [0.25, 0.3) is 0 Å². The zero-order chi connectivity index (χ0) is 12.4. The van der Waals surface area contributed by atoms with Crippen LogP contribution >= 0.6 is 0 Å². The molecule has 1 aliphatic rings. The van der Waals surface area contributed by atoms with Crippen molar-refractivity contribution in [1.29, 1.82) is 0 Å². The van der Waals surface area contributed by atoms with Gasteiger partial charge in [-0.05, 0) is 45.0 Å². The molecule has 1 aromatic carbocycles. The molecule has 0 spiro atoms. The minimum atomic E-state index is -0.164. The Morgan fingerprint density at radius 1 is 1.18 bits per heavy atom. The summed E-state index contributed by atoms with van der Waals surface area (Å²) in [5.41, 5.74) is 1.13. The van der Waals surface area contributed by atoms with Gasteiger partial charge in [0.15, 0.2) is 0 Å². The maximum absolute atomic E-state index is 12.9. The molecule has 94 valence electrons. The van der Waals surface area contributed by atoms with Crippen LogP contribution < -0.4 is 4.90 Å². The molecule has 0 aromatic heterocycles. The Kier molecular flexibility index (Phi) is 3.67. The SMILES string of the molecule is CC(C)N1CCN(c2ccc(F)cc2)C[C@@H]1C. The van der Waals surface area contributed by atoms with E-state index >= 15 is 0 Å². The van der Waals surface area contributed by atoms with Crippen LogP contribution in [0, 0.1) is 5.82 Å². The molecule has 0 amide bonds. The fourth-order valence-corrected chi connectivity index (χ4v) is 2.63. The van der Waals surface area contributed by atoms with E-state index in [-0.39, 0.29) is 5.82 Å². The Labute approximate surface area is 103 Å². The zero-order valence-corrected chi connectivity index (χ0v) is 10.9. The Bertz CT molecular complexity index is 361. The van der Waals surface area contributed by atoms with E-state index in [1.54, 1.807) is 0 Å². The highest BCUT2D eigenvalue weighted by atomic mass is 19.1. The second-order valence-corrected chi connectivity index (χ2v) is 5.10. The van der Waals surface area contributed by atoms with Crippen molar-refractivity contribution < 1.29 is 4.39 Å². The van der Waals surface area contributed by atoms with E-state index in [9.17, 15) is 4.39 Å². The first-order valence-electron chi connectivity index (χ1n) is 6.34. The highest BCUT2D eigenvalue weighted by Gasteiger charge is 2.25. The number of hydrogen-bond acceptors (Lipinski definition) is 2. The molecular weight excluding hydrogens is 215 g/mol. The number of hydrogen-bond donors (Lipinski definition) is 0. The zero-order valence-electron chi connectivity index (χ0n) is 10.9. The number of rotatable bonds is 2. The van der Waals surface area contributed by atoms with E-state index in [1.165, 1.54) is 12.1 Å². The molecule has 2 rings (SSSR count). The van der Waals surface area contributed by atoms with Gasteiger partial charge in [-0.3, -0.25) is 4.90 Å². The van der Waals surface area contributed by atoms with Crippen LogP contribution in [0.5, 0.6) is 0 Å². The number of nitrogens with zero attached hydrogens (tertiary/aromatic N) is 2. The highest BCUT2D eigenvalue weighted by molar-refractivity contribution is 5.46. The summed E-state index contributed by atoms with van der Waals surface area (Å²) in [6, 6.07) is 7.96. The van der Waals surface area contributed by atoms with E-state index in [0.717, 1.165) is 25.3 Å². The summed E-state index contributed by atoms with van der Waals surface area (Å²) in [5, 5.41) is 0. The number of piperazine rings is 1. The van der Waals surface area contributed by atoms with Gasteiger partial charge < -0.3 is 4.90 Å². The lowest BCUT2D eigenvalue weighted by Crippen LogP contribution is -2.54. The lowest BCUT2D eigenvalue weighted by molar-refractivity contribution is 0.148. The quantitative estimate of drug-likeness (QED) is 0.779. The molecule has 0 unspecified atom stereocenters. The average molecular weight is 236 g/mol. The van der Waals surface area contributed by atoms with Gasteiger partial charge in [-0.1, -0.05) is 0 Å². The van der Waals surface area contributed by atoms with Crippen molar-refractivity contribution in [2.75, 3.05) is 24.5 Å². The van der Waals surface area contributed by atoms with Gasteiger partial charge in [0, 0.05) is 37.4 Å². The van der Waals surface area contributed by atoms with Crippen molar-refractivity contribution in [3.8, 4) is 0 Å². The summed E-state index contributed by atoms with van der Waals surface area (Å²) in [6.07, 6.45) is 0. The van der Waals surface area contributed by atoms with Crippen molar-refractivity contribution in [2.45, 2.75) is 32.9 Å². The van der Waals surface area contributed by atoms with Crippen LogP contribution in [0.2, 0.25) is 0 Å². The predicted molar refractivity (Wildman–Crippen MR) is 69.9 cm³/mol. The van der Waals surface area contributed by atoms with Gasteiger partial charge >= 0.3 is 0 Å². The first kappa shape index (κ1) is 12.4. The fraction of sp³-hybridized carbons (Fsp3) is 0.571. The monoisotopic (exact) mass is 236 g/mol. The second kappa shape index (κ2) is 5.05. The molecule has 1 fully saturated rings. The van der Waals surface area contributed by atoms with Crippen LogP contribution in [-0.2, 0) is 0 Å². The summed E-state index contributed by atoms with van der Waals surface area (Å²) in [5.74, 6) is -0.164. The van der Waals surface area contributed by atoms with Crippen LogP contribution in [0.3, 0.4) is 0 Å². The molecule has 0 aliphatic carbocycles. The van der Waals surface area contributed by atoms with Crippen LogP contribution in [-0.4, -0.2) is 36.6 Å². The van der Waals surface area contributed by atoms with E-state index in [2.05, 4.69) is 30.6 Å². The number of halogens is 1. The largest absolute Gasteiger partial charge is 0.369 e. The molecule has 0 N–H and O–H groups in total. The summed E-state index contributed by atoms with van der Waals surface area (Å²) < 4.78 is 12.9. The lowest BCUT2D eigenvalue weighted by Gasteiger charge is -2.43. The molecule has 17 heavy (non-hydrogen) atoms. The van der Waals surface area contributed by atoms with Gasteiger partial charge in [-0.2, -0.15) is 0 Å². The van der Waals surface area contributed by atoms with Crippen LogP contribution in [0.25, 0.3) is 0 Å². The van der Waals surface area contributed by atoms with Gasteiger partial charge in [-0.15, -0.1) is 0 Å². The highest BCUT2D eigenvalue weighted by Crippen LogP contribution is 2.20. The van der Waals surface area contributed by atoms with E-state index in [4.69, 9.17) is 0 Å². The van der Waals surface area contributed by atoms with Crippen molar-refractivity contribution in [1.82, 2.24) is 4.90 Å². The number of benzene rings is 1. The predicted octanol–water partition coefficient (Wildman–Crippen LogP) is 2.74. The van der Waals surface area contributed by atoms with Crippen LogP contribution in [0.4, 0.5) is 10.1 Å². The molecule has 0 radical (unpaired) electrons. The summed E-state index contributed by atoms with van der Waals surface area (Å²) in [7, 11) is 0. The first-order chi connectivity index (χ1) is 8.08. The normalized spacial score (nSPS) is 22.2. The van der Waals surface area contributed by atoms with Gasteiger partial charge in [0.2, 0.25) is 0 Å². The van der Waals surface area contributed by atoms with Crippen LogP contribution in [0.15, 0.2) is 24.3 Å². The average Bonchev–Trinajstić information content (AvgIpc) is 2.29. The molecule has 0 saturated carbocycles. The minimum absolute atomic E-state index is 0.164. The van der Waals surface area contributed by atoms with Gasteiger partial charge in [-0.25, -0.2) is 4.39 Å². The number of anilines is 1. The van der Waals surface area contributed by atoms with Crippen molar-refractivity contribution in [3.63, 3.8) is 0 Å². The molecule has 1 saturated heterocycles. The topological polar surface area (TPSA) is 6.48 Å². The van der Waals surface area contributed by atoms with E-state index in [0.29, 0.717) is 12.1 Å². The van der Waals surface area contributed by atoms with Gasteiger partial charge in [0.1, 0.15) is 5.82 Å². The molecule has 0 bridgehead atoms. The third-order valence-corrected chi connectivity index (χ3v) is 3.53. The molecule has 2 nitrogen and oxygen atoms in total. The molecule has 1 atom stereocenters. The smallest absolute Gasteiger partial charge is 0.123 e. The molecule has 1 aliphatic heterocycles. The van der Waals surface area contributed by atoms with Crippen molar-refractivity contribution >= 4 is 5.69 Å². The summed E-state index contributed by atoms with van der Waals surface area (Å²) in [6.45, 7) is 9.86. The standard InChI is InChI=1S/C14H21FN2/c1-11(2)17-9-8-16(10-12(17)3)14-6-4-13(15)5-7-14/h4-7,11-12H,8-10H2,1-3H3/t12-/m0/s1. The maximum Gasteiger partial charge on any atom is 0.123 e. The van der Waals surface area contributed by atoms with E-state index < -0.39 is 0 Å². The Morgan fingerprint density at radius 2 is 1.82 bits per heavy atom. The Morgan fingerprint density at radius 3 is 2.35 bits per heavy atom. The first-order valence-corrected chi connectivity index (χ1v) is 6.34. The van der Waals surface area contributed by atoms with Gasteiger partial charge in [0.05, 0.1) is 0 Å². The third kappa shape index (κ3) is 2.78. The Balaban J connectivity index is 2.04. The lowest BCUT2D eigenvalue weighted by atomic mass is 10.1. The summed E-state index contributed by atoms with van der Waals surface area (Å²) in [4.78, 5) is 4.85.